The Balaban J connectivity index is 1.57. The summed E-state index contributed by atoms with van der Waals surface area (Å²) in [6.07, 6.45) is 1.45. The molecule has 8 nitrogen and oxygen atoms in total. The zero-order chi connectivity index (χ0) is 16.7. The van der Waals surface area contributed by atoms with Crippen LogP contribution >= 0.6 is 11.3 Å². The van der Waals surface area contributed by atoms with Crippen molar-refractivity contribution in [2.75, 3.05) is 0 Å². The molecule has 1 aliphatic heterocycles. The molecule has 1 fully saturated rings. The number of furan rings is 1. The fraction of sp³-hybridized carbons (Fsp3) is 0.200. The Morgan fingerprint density at radius 1 is 1.38 bits per heavy atom. The highest BCUT2D eigenvalue weighted by Crippen LogP contribution is 2.30. The van der Waals surface area contributed by atoms with Gasteiger partial charge in [-0.25, -0.2) is 4.79 Å². The van der Waals surface area contributed by atoms with E-state index in [-0.39, 0.29) is 12.4 Å². The number of amides is 3. The maximum absolute atomic E-state index is 12.7. The average Bonchev–Trinajstić information content (AvgIpc) is 3.34. The van der Waals surface area contributed by atoms with E-state index in [0.717, 1.165) is 10.5 Å². The molecule has 4 rings (SSSR count). The lowest BCUT2D eigenvalue weighted by Gasteiger charge is -2.18. The maximum Gasteiger partial charge on any atom is 0.325 e. The van der Waals surface area contributed by atoms with E-state index in [1.165, 1.54) is 17.6 Å². The predicted octanol–water partition coefficient (Wildman–Crippen LogP) is 2.36. The van der Waals surface area contributed by atoms with Crippen LogP contribution in [0.5, 0.6) is 0 Å². The lowest BCUT2D eigenvalue weighted by molar-refractivity contribution is -0.132. The molecule has 0 saturated carbocycles. The van der Waals surface area contributed by atoms with Gasteiger partial charge in [0.05, 0.1) is 18.4 Å². The number of aromatic nitrogens is 2. The highest BCUT2D eigenvalue weighted by Gasteiger charge is 2.51. The molecule has 3 amide bonds. The lowest BCUT2D eigenvalue weighted by Crippen LogP contribution is -2.40. The Morgan fingerprint density at radius 3 is 2.96 bits per heavy atom. The van der Waals surface area contributed by atoms with Crippen LogP contribution < -0.4 is 5.32 Å². The van der Waals surface area contributed by atoms with E-state index in [1.54, 1.807) is 19.1 Å². The highest BCUT2D eigenvalue weighted by molar-refractivity contribution is 7.08. The topological polar surface area (TPSA) is 101 Å². The molecule has 122 valence electrons. The van der Waals surface area contributed by atoms with E-state index in [2.05, 4.69) is 15.5 Å². The van der Waals surface area contributed by atoms with E-state index >= 15 is 0 Å². The first kappa shape index (κ1) is 14.6. The molecule has 3 aromatic heterocycles. The van der Waals surface area contributed by atoms with E-state index in [9.17, 15) is 9.59 Å². The van der Waals surface area contributed by atoms with Crippen molar-refractivity contribution in [1.29, 1.82) is 0 Å². The van der Waals surface area contributed by atoms with Gasteiger partial charge in [-0.15, -0.1) is 0 Å². The number of hydrogen-bond donors (Lipinski definition) is 1. The molecule has 1 saturated heterocycles. The van der Waals surface area contributed by atoms with Crippen molar-refractivity contribution >= 4 is 23.3 Å². The Bertz CT molecular complexity index is 887. The summed E-state index contributed by atoms with van der Waals surface area (Å²) in [6, 6.07) is 4.63. The number of urea groups is 1. The predicted molar refractivity (Wildman–Crippen MR) is 82.8 cm³/mol. The van der Waals surface area contributed by atoms with Crippen LogP contribution in [-0.2, 0) is 16.9 Å². The quantitative estimate of drug-likeness (QED) is 0.729. The standard InChI is InChI=1S/C15H12N4O4S/c1-15(10-3-2-5-22-10)13(20)19(14(21)17-15)7-11-16-12(23-18-11)9-4-6-24-8-9/h2-6,8H,7H2,1H3,(H,17,21)/t15-/m0/s1. The number of carbonyl (C=O) groups is 2. The SMILES string of the molecule is C[C@@]1(c2ccco2)NC(=O)N(Cc2noc(-c3ccsc3)n2)C1=O. The number of imide groups is 1. The van der Waals surface area contributed by atoms with Crippen molar-refractivity contribution < 1.29 is 18.5 Å². The number of nitrogens with one attached hydrogen (secondary N) is 1. The molecule has 1 N–H and O–H groups in total. The molecular weight excluding hydrogens is 332 g/mol. The fourth-order valence-electron chi connectivity index (χ4n) is 2.53. The van der Waals surface area contributed by atoms with Crippen LogP contribution in [0.15, 0.2) is 44.2 Å². The van der Waals surface area contributed by atoms with Gasteiger partial charge >= 0.3 is 6.03 Å². The van der Waals surface area contributed by atoms with E-state index < -0.39 is 17.5 Å². The number of hydrogen-bond acceptors (Lipinski definition) is 7. The maximum atomic E-state index is 12.7. The summed E-state index contributed by atoms with van der Waals surface area (Å²) in [5.74, 6) is 0.551. The molecule has 0 radical (unpaired) electrons. The normalized spacial score (nSPS) is 20.6. The second-order valence-electron chi connectivity index (χ2n) is 5.45. The summed E-state index contributed by atoms with van der Waals surface area (Å²) in [5.41, 5.74) is -0.433. The van der Waals surface area contributed by atoms with Crippen molar-refractivity contribution in [1.82, 2.24) is 20.4 Å². The molecule has 24 heavy (non-hydrogen) atoms. The monoisotopic (exact) mass is 344 g/mol. The summed E-state index contributed by atoms with van der Waals surface area (Å²) in [5, 5.41) is 10.3. The third-order valence-electron chi connectivity index (χ3n) is 3.82. The first-order valence-corrected chi connectivity index (χ1v) is 8.05. The van der Waals surface area contributed by atoms with Crippen molar-refractivity contribution in [2.24, 2.45) is 0 Å². The van der Waals surface area contributed by atoms with Crippen molar-refractivity contribution in [3.05, 3.63) is 46.8 Å². The van der Waals surface area contributed by atoms with Crippen LogP contribution in [0.3, 0.4) is 0 Å². The smallest absolute Gasteiger partial charge is 0.325 e. The molecule has 0 aliphatic carbocycles. The summed E-state index contributed by atoms with van der Waals surface area (Å²) < 4.78 is 10.5. The summed E-state index contributed by atoms with van der Waals surface area (Å²) in [7, 11) is 0. The van der Waals surface area contributed by atoms with Gasteiger partial charge in [-0.3, -0.25) is 9.69 Å². The van der Waals surface area contributed by atoms with Gasteiger partial charge in [0, 0.05) is 5.38 Å². The minimum absolute atomic E-state index is 0.0748. The van der Waals surface area contributed by atoms with E-state index in [1.807, 2.05) is 16.8 Å². The number of nitrogens with zero attached hydrogens (tertiary/aromatic N) is 3. The minimum atomic E-state index is -1.24. The van der Waals surface area contributed by atoms with Crippen LogP contribution in [0.1, 0.15) is 18.5 Å². The third kappa shape index (κ3) is 2.21. The Morgan fingerprint density at radius 2 is 2.25 bits per heavy atom. The fourth-order valence-corrected chi connectivity index (χ4v) is 3.16. The molecule has 0 aromatic carbocycles. The molecule has 9 heteroatoms. The number of rotatable bonds is 4. The summed E-state index contributed by atoms with van der Waals surface area (Å²) in [4.78, 5) is 30.2. The van der Waals surface area contributed by atoms with Crippen molar-refractivity contribution in [2.45, 2.75) is 19.0 Å². The summed E-state index contributed by atoms with van der Waals surface area (Å²) >= 11 is 1.51. The van der Waals surface area contributed by atoms with Gasteiger partial charge in [0.25, 0.3) is 11.8 Å². The molecule has 1 atom stereocenters. The highest BCUT2D eigenvalue weighted by atomic mass is 32.1. The third-order valence-corrected chi connectivity index (χ3v) is 4.51. The van der Waals surface area contributed by atoms with Gasteiger partial charge in [-0.1, -0.05) is 5.16 Å². The van der Waals surface area contributed by atoms with Gasteiger partial charge in [0.15, 0.2) is 11.4 Å². The molecule has 0 spiro atoms. The molecule has 0 bridgehead atoms. The molecule has 3 aromatic rings. The van der Waals surface area contributed by atoms with Crippen molar-refractivity contribution in [3.8, 4) is 11.5 Å². The van der Waals surface area contributed by atoms with E-state index in [4.69, 9.17) is 8.94 Å². The van der Waals surface area contributed by atoms with Crippen LogP contribution in [0.2, 0.25) is 0 Å². The van der Waals surface area contributed by atoms with Crippen LogP contribution in [-0.4, -0.2) is 27.0 Å². The first-order chi connectivity index (χ1) is 11.6. The van der Waals surface area contributed by atoms with E-state index in [0.29, 0.717) is 11.7 Å². The Hall–Kier alpha value is -2.94. The zero-order valence-corrected chi connectivity index (χ0v) is 13.4. The Labute approximate surface area is 140 Å². The Kier molecular flexibility index (Phi) is 3.24. The second-order valence-corrected chi connectivity index (χ2v) is 6.23. The summed E-state index contributed by atoms with van der Waals surface area (Å²) in [6.45, 7) is 1.52. The number of carbonyl (C=O) groups excluding carboxylic acids is 2. The van der Waals surface area contributed by atoms with Crippen molar-refractivity contribution in [3.63, 3.8) is 0 Å². The zero-order valence-electron chi connectivity index (χ0n) is 12.6. The number of thiophene rings is 1. The minimum Gasteiger partial charge on any atom is -0.466 e. The average molecular weight is 344 g/mol. The second kappa shape index (κ2) is 5.31. The van der Waals surface area contributed by atoms with Crippen LogP contribution in [0.25, 0.3) is 11.5 Å². The van der Waals surface area contributed by atoms with Crippen LogP contribution in [0, 0.1) is 0 Å². The first-order valence-electron chi connectivity index (χ1n) is 7.11. The molecule has 1 aliphatic rings. The van der Waals surface area contributed by atoms with Gasteiger partial charge in [0.2, 0.25) is 0 Å². The molecule has 0 unspecified atom stereocenters. The van der Waals surface area contributed by atoms with Gasteiger partial charge in [0.1, 0.15) is 5.76 Å². The van der Waals surface area contributed by atoms with Gasteiger partial charge in [-0.05, 0) is 30.5 Å². The van der Waals surface area contributed by atoms with Crippen LogP contribution in [0.4, 0.5) is 4.79 Å². The molecular formula is C15H12N4O4S. The van der Waals surface area contributed by atoms with Gasteiger partial charge in [-0.2, -0.15) is 16.3 Å². The molecule has 4 heterocycles. The van der Waals surface area contributed by atoms with Gasteiger partial charge < -0.3 is 14.3 Å². The largest absolute Gasteiger partial charge is 0.466 e. The lowest BCUT2D eigenvalue weighted by atomic mass is 9.99.